The highest BCUT2D eigenvalue weighted by Crippen LogP contribution is 2.33. The minimum atomic E-state index is 0.722. The van der Waals surface area contributed by atoms with Crippen LogP contribution in [0.4, 0.5) is 4.39 Å². The third kappa shape index (κ3) is 1.20. The Hall–Kier alpha value is -0.630. The molecular formula is C10H8BrF. The van der Waals surface area contributed by atoms with E-state index in [1.54, 1.807) is 0 Å². The SMILES string of the molecule is FC=C1CCc2cc(Br)ccc21. The van der Waals surface area contributed by atoms with Crippen molar-refractivity contribution in [3.8, 4) is 0 Å². The van der Waals surface area contributed by atoms with Crippen LogP contribution in [0.15, 0.2) is 29.0 Å². The van der Waals surface area contributed by atoms with Crippen molar-refractivity contribution in [2.45, 2.75) is 12.8 Å². The summed E-state index contributed by atoms with van der Waals surface area (Å²) >= 11 is 3.39. The molecule has 0 fully saturated rings. The van der Waals surface area contributed by atoms with Crippen LogP contribution < -0.4 is 0 Å². The number of aryl methyl sites for hydroxylation is 1. The molecular weight excluding hydrogens is 219 g/mol. The zero-order valence-corrected chi connectivity index (χ0v) is 8.07. The second-order valence-corrected chi connectivity index (χ2v) is 3.85. The Morgan fingerprint density at radius 3 is 2.92 bits per heavy atom. The Morgan fingerprint density at radius 1 is 1.33 bits per heavy atom. The molecule has 0 saturated heterocycles. The molecule has 0 amide bonds. The van der Waals surface area contributed by atoms with Crippen LogP contribution in [-0.2, 0) is 6.42 Å². The molecule has 0 aliphatic heterocycles. The summed E-state index contributed by atoms with van der Waals surface area (Å²) in [7, 11) is 0. The Kier molecular flexibility index (Phi) is 2.01. The average Bonchev–Trinajstić information content (AvgIpc) is 2.46. The molecule has 0 saturated carbocycles. The first-order valence-corrected chi connectivity index (χ1v) is 4.68. The van der Waals surface area contributed by atoms with Gasteiger partial charge < -0.3 is 0 Å². The molecule has 0 unspecified atom stereocenters. The lowest BCUT2D eigenvalue weighted by Gasteiger charge is -1.98. The lowest BCUT2D eigenvalue weighted by molar-refractivity contribution is 0.721. The van der Waals surface area contributed by atoms with Crippen LogP contribution in [0.5, 0.6) is 0 Å². The number of fused-ring (bicyclic) bond motifs is 1. The summed E-state index contributed by atoms with van der Waals surface area (Å²) in [4.78, 5) is 0. The van der Waals surface area contributed by atoms with Crippen LogP contribution in [0.1, 0.15) is 17.5 Å². The molecule has 0 bridgehead atoms. The largest absolute Gasteiger partial charge is 0.215 e. The van der Waals surface area contributed by atoms with E-state index in [1.807, 2.05) is 12.1 Å². The van der Waals surface area contributed by atoms with Crippen molar-refractivity contribution in [1.29, 1.82) is 0 Å². The van der Waals surface area contributed by atoms with Gasteiger partial charge in [-0.3, -0.25) is 0 Å². The fourth-order valence-electron chi connectivity index (χ4n) is 1.60. The molecule has 0 nitrogen and oxygen atoms in total. The molecule has 1 aromatic rings. The van der Waals surface area contributed by atoms with E-state index in [-0.39, 0.29) is 0 Å². The van der Waals surface area contributed by atoms with Crippen molar-refractivity contribution in [2.24, 2.45) is 0 Å². The van der Waals surface area contributed by atoms with Gasteiger partial charge in [-0.05, 0) is 41.7 Å². The van der Waals surface area contributed by atoms with Crippen LogP contribution in [0, 0.1) is 0 Å². The van der Waals surface area contributed by atoms with E-state index in [9.17, 15) is 4.39 Å². The maximum absolute atomic E-state index is 12.3. The molecule has 1 aliphatic rings. The zero-order chi connectivity index (χ0) is 8.55. The standard InChI is InChI=1S/C10H8BrF/c11-9-3-4-10-7(5-9)1-2-8(10)6-12/h3-6H,1-2H2. The summed E-state index contributed by atoms with van der Waals surface area (Å²) in [5, 5.41) is 0. The normalized spacial score (nSPS) is 18.3. The molecule has 1 aromatic carbocycles. The van der Waals surface area contributed by atoms with E-state index in [0.717, 1.165) is 34.8 Å². The van der Waals surface area contributed by atoms with Gasteiger partial charge in [-0.1, -0.05) is 22.0 Å². The van der Waals surface area contributed by atoms with Gasteiger partial charge in [0, 0.05) is 4.47 Å². The Morgan fingerprint density at radius 2 is 2.17 bits per heavy atom. The molecule has 62 valence electrons. The van der Waals surface area contributed by atoms with Crippen LogP contribution >= 0.6 is 15.9 Å². The average molecular weight is 227 g/mol. The fraction of sp³-hybridized carbons (Fsp3) is 0.200. The molecule has 0 spiro atoms. The number of rotatable bonds is 0. The third-order valence-electron chi connectivity index (χ3n) is 2.21. The first-order valence-electron chi connectivity index (χ1n) is 3.89. The highest BCUT2D eigenvalue weighted by Gasteiger charge is 2.15. The van der Waals surface area contributed by atoms with Crippen molar-refractivity contribution in [2.75, 3.05) is 0 Å². The van der Waals surface area contributed by atoms with E-state index in [4.69, 9.17) is 0 Å². The summed E-state index contributed by atoms with van der Waals surface area (Å²) in [5.41, 5.74) is 3.14. The van der Waals surface area contributed by atoms with Crippen molar-refractivity contribution >= 4 is 21.5 Å². The summed E-state index contributed by atoms with van der Waals surface area (Å²) < 4.78 is 13.4. The highest BCUT2D eigenvalue weighted by atomic mass is 79.9. The van der Waals surface area contributed by atoms with Crippen molar-refractivity contribution in [3.63, 3.8) is 0 Å². The van der Waals surface area contributed by atoms with Gasteiger partial charge in [-0.25, -0.2) is 4.39 Å². The number of benzene rings is 1. The molecule has 0 aromatic heterocycles. The smallest absolute Gasteiger partial charge is 0.0905 e. The van der Waals surface area contributed by atoms with Gasteiger partial charge in [0.25, 0.3) is 0 Å². The molecule has 12 heavy (non-hydrogen) atoms. The number of hydrogen-bond donors (Lipinski definition) is 0. The van der Waals surface area contributed by atoms with Gasteiger partial charge >= 0.3 is 0 Å². The molecule has 0 radical (unpaired) electrons. The molecule has 1 aliphatic carbocycles. The maximum atomic E-state index is 12.3. The van der Waals surface area contributed by atoms with Crippen molar-refractivity contribution in [1.82, 2.24) is 0 Å². The molecule has 0 N–H and O–H groups in total. The molecule has 0 atom stereocenters. The third-order valence-corrected chi connectivity index (χ3v) is 2.70. The Balaban J connectivity index is 2.55. The van der Waals surface area contributed by atoms with Gasteiger partial charge in [0.15, 0.2) is 0 Å². The van der Waals surface area contributed by atoms with Gasteiger partial charge in [0.2, 0.25) is 0 Å². The fourth-order valence-corrected chi connectivity index (χ4v) is 2.01. The van der Waals surface area contributed by atoms with Crippen LogP contribution in [0.2, 0.25) is 0 Å². The molecule has 2 rings (SSSR count). The predicted molar refractivity (Wildman–Crippen MR) is 51.5 cm³/mol. The Labute approximate surface area is 79.2 Å². The minimum absolute atomic E-state index is 0.722. The lowest BCUT2D eigenvalue weighted by atomic mass is 10.1. The zero-order valence-electron chi connectivity index (χ0n) is 6.48. The number of hydrogen-bond acceptors (Lipinski definition) is 0. The van der Waals surface area contributed by atoms with E-state index in [0.29, 0.717) is 0 Å². The lowest BCUT2D eigenvalue weighted by Crippen LogP contribution is -1.79. The second-order valence-electron chi connectivity index (χ2n) is 2.94. The van der Waals surface area contributed by atoms with Crippen molar-refractivity contribution < 1.29 is 4.39 Å². The minimum Gasteiger partial charge on any atom is -0.215 e. The van der Waals surface area contributed by atoms with Gasteiger partial charge in [0.1, 0.15) is 0 Å². The maximum Gasteiger partial charge on any atom is 0.0905 e. The van der Waals surface area contributed by atoms with Gasteiger partial charge in [-0.15, -0.1) is 0 Å². The first-order chi connectivity index (χ1) is 5.81. The quantitative estimate of drug-likeness (QED) is 0.633. The van der Waals surface area contributed by atoms with E-state index < -0.39 is 0 Å². The number of allylic oxidation sites excluding steroid dienone is 1. The summed E-state index contributed by atoms with van der Waals surface area (Å²) in [6.45, 7) is 0. The molecule has 2 heteroatoms. The van der Waals surface area contributed by atoms with Crippen molar-refractivity contribution in [3.05, 3.63) is 40.1 Å². The van der Waals surface area contributed by atoms with E-state index in [2.05, 4.69) is 22.0 Å². The Bertz CT molecular complexity index is 342. The number of halogens is 2. The molecule has 0 heterocycles. The monoisotopic (exact) mass is 226 g/mol. The van der Waals surface area contributed by atoms with Gasteiger partial charge in [0.05, 0.1) is 6.33 Å². The summed E-state index contributed by atoms with van der Waals surface area (Å²) in [6, 6.07) is 5.98. The van der Waals surface area contributed by atoms with E-state index in [1.165, 1.54) is 5.56 Å². The highest BCUT2D eigenvalue weighted by molar-refractivity contribution is 9.10. The second kappa shape index (κ2) is 3.02. The van der Waals surface area contributed by atoms with Crippen LogP contribution in [0.25, 0.3) is 5.57 Å². The summed E-state index contributed by atoms with van der Waals surface area (Å²) in [6.07, 6.45) is 2.52. The van der Waals surface area contributed by atoms with Gasteiger partial charge in [-0.2, -0.15) is 0 Å². The first kappa shape index (κ1) is 7.99. The van der Waals surface area contributed by atoms with Crippen LogP contribution in [-0.4, -0.2) is 0 Å². The predicted octanol–water partition coefficient (Wildman–Crippen LogP) is 3.71. The van der Waals surface area contributed by atoms with E-state index >= 15 is 0 Å². The topological polar surface area (TPSA) is 0 Å². The van der Waals surface area contributed by atoms with Crippen LogP contribution in [0.3, 0.4) is 0 Å². The summed E-state index contributed by atoms with van der Waals surface area (Å²) in [5.74, 6) is 0.